The number of hydrogen-bond donors (Lipinski definition) is 1. The molecule has 0 bridgehead atoms. The van der Waals surface area contributed by atoms with Crippen molar-refractivity contribution < 1.29 is 4.79 Å². The van der Waals surface area contributed by atoms with Crippen LogP contribution in [-0.4, -0.2) is 97.0 Å². The van der Waals surface area contributed by atoms with Gasteiger partial charge in [-0.1, -0.05) is 13.8 Å². The van der Waals surface area contributed by atoms with Crippen LogP contribution in [-0.2, 0) is 4.79 Å². The number of nitrogens with zero attached hydrogens (tertiary/aromatic N) is 4. The first-order valence-electron chi connectivity index (χ1n) is 10.5. The number of nitrogens with one attached hydrogen (secondary N) is 1. The molecule has 2 saturated heterocycles. The maximum atomic E-state index is 12.3. The number of halogens is 1. The van der Waals surface area contributed by atoms with Crippen molar-refractivity contribution in [1.29, 1.82) is 0 Å². The van der Waals surface area contributed by atoms with E-state index in [1.165, 1.54) is 5.75 Å². The van der Waals surface area contributed by atoms with Gasteiger partial charge in [0.1, 0.15) is 0 Å². The molecule has 28 heavy (non-hydrogen) atoms. The van der Waals surface area contributed by atoms with Crippen molar-refractivity contribution in [3.8, 4) is 0 Å². The van der Waals surface area contributed by atoms with E-state index in [1.807, 2.05) is 14.1 Å². The molecule has 2 rings (SSSR count). The highest BCUT2D eigenvalue weighted by molar-refractivity contribution is 14.0. The summed E-state index contributed by atoms with van der Waals surface area (Å²) in [6.07, 6.45) is 3.12. The highest BCUT2D eigenvalue weighted by Gasteiger charge is 2.31. The van der Waals surface area contributed by atoms with Crippen molar-refractivity contribution >= 4 is 47.6 Å². The summed E-state index contributed by atoms with van der Waals surface area (Å²) in [7, 11) is 3.71. The second kappa shape index (κ2) is 13.2. The smallest absolute Gasteiger partial charge is 0.239 e. The van der Waals surface area contributed by atoms with Crippen LogP contribution in [0.5, 0.6) is 0 Å². The van der Waals surface area contributed by atoms with E-state index in [9.17, 15) is 4.79 Å². The molecule has 2 atom stereocenters. The lowest BCUT2D eigenvalue weighted by Crippen LogP contribution is -2.49. The Morgan fingerprint density at radius 3 is 2.71 bits per heavy atom. The topological polar surface area (TPSA) is 51.2 Å². The molecule has 0 saturated carbocycles. The molecule has 0 aromatic rings. The Kier molecular flexibility index (Phi) is 12.1. The van der Waals surface area contributed by atoms with E-state index in [0.717, 1.165) is 64.5 Å². The fourth-order valence-corrected chi connectivity index (χ4v) is 5.13. The van der Waals surface area contributed by atoms with Gasteiger partial charge in [-0.15, -0.1) is 24.0 Å². The summed E-state index contributed by atoms with van der Waals surface area (Å²) in [6.45, 7) is 12.6. The van der Waals surface area contributed by atoms with E-state index in [0.29, 0.717) is 11.2 Å². The number of amides is 1. The number of likely N-dealkylation sites (N-methyl/N-ethyl adjacent to an activating group) is 1. The average Bonchev–Trinajstić information content (AvgIpc) is 3.12. The SMILES string of the molecule is CCNC(=NCCCN1CCCC1C(=O)N(C)C)N1CCSC(C(C)C)C1.I. The molecule has 164 valence electrons. The lowest BCUT2D eigenvalue weighted by atomic mass is 10.1. The first kappa shape index (κ1) is 25.8. The Balaban J connectivity index is 0.00000392. The third-order valence-corrected chi connectivity index (χ3v) is 6.97. The number of hydrogen-bond acceptors (Lipinski definition) is 4. The van der Waals surface area contributed by atoms with Gasteiger partial charge in [0.25, 0.3) is 0 Å². The standard InChI is InChI=1S/C20H39N5OS.HI/c1-6-21-20(25-13-14-27-18(15-25)16(2)3)22-10-8-12-24-11-7-9-17(24)19(26)23(4)5;/h16-18H,6-15H2,1-5H3,(H,21,22);1H. The fourth-order valence-electron chi connectivity index (χ4n) is 3.83. The Bertz CT molecular complexity index is 503. The fraction of sp³-hybridized carbons (Fsp3) is 0.900. The minimum atomic E-state index is 0. The van der Waals surface area contributed by atoms with Gasteiger partial charge in [-0.3, -0.25) is 14.7 Å². The molecule has 2 aliphatic heterocycles. The molecule has 2 unspecified atom stereocenters. The second-order valence-electron chi connectivity index (χ2n) is 8.12. The van der Waals surface area contributed by atoms with Crippen LogP contribution < -0.4 is 5.32 Å². The molecule has 6 nitrogen and oxygen atoms in total. The minimum Gasteiger partial charge on any atom is -0.357 e. The first-order valence-corrected chi connectivity index (χ1v) is 11.6. The van der Waals surface area contributed by atoms with E-state index in [-0.39, 0.29) is 35.9 Å². The van der Waals surface area contributed by atoms with Gasteiger partial charge >= 0.3 is 0 Å². The Morgan fingerprint density at radius 2 is 2.07 bits per heavy atom. The maximum Gasteiger partial charge on any atom is 0.239 e. The van der Waals surface area contributed by atoms with E-state index in [4.69, 9.17) is 4.99 Å². The zero-order valence-corrected chi connectivity index (χ0v) is 21.5. The minimum absolute atomic E-state index is 0. The lowest BCUT2D eigenvalue weighted by molar-refractivity contribution is -0.133. The van der Waals surface area contributed by atoms with E-state index >= 15 is 0 Å². The van der Waals surface area contributed by atoms with Crippen molar-refractivity contribution in [3.05, 3.63) is 0 Å². The normalized spacial score (nSPS) is 23.6. The van der Waals surface area contributed by atoms with Gasteiger partial charge in [0.2, 0.25) is 5.91 Å². The molecular formula is C20H40IN5OS. The number of rotatable bonds is 7. The predicted molar refractivity (Wildman–Crippen MR) is 132 cm³/mol. The Hall–Kier alpha value is -0.220. The second-order valence-corrected chi connectivity index (χ2v) is 9.46. The quantitative estimate of drug-likeness (QED) is 0.240. The van der Waals surface area contributed by atoms with E-state index < -0.39 is 0 Å². The van der Waals surface area contributed by atoms with Gasteiger partial charge < -0.3 is 15.1 Å². The molecule has 1 N–H and O–H groups in total. The first-order chi connectivity index (χ1) is 12.9. The summed E-state index contributed by atoms with van der Waals surface area (Å²) in [4.78, 5) is 23.7. The highest BCUT2D eigenvalue weighted by Crippen LogP contribution is 2.25. The van der Waals surface area contributed by atoms with Gasteiger partial charge in [0, 0.05) is 57.8 Å². The number of carbonyl (C=O) groups excluding carboxylic acids is 1. The van der Waals surface area contributed by atoms with Crippen LogP contribution in [0.2, 0.25) is 0 Å². The van der Waals surface area contributed by atoms with Crippen molar-refractivity contribution in [2.75, 3.05) is 59.1 Å². The third kappa shape index (κ3) is 7.55. The zero-order chi connectivity index (χ0) is 19.8. The highest BCUT2D eigenvalue weighted by atomic mass is 127. The number of aliphatic imine (C=N–C) groups is 1. The molecule has 0 radical (unpaired) electrons. The molecule has 2 aliphatic rings. The summed E-state index contributed by atoms with van der Waals surface area (Å²) < 4.78 is 0. The van der Waals surface area contributed by atoms with Gasteiger partial charge in [0.05, 0.1) is 6.04 Å². The summed E-state index contributed by atoms with van der Waals surface area (Å²) in [5, 5.41) is 4.16. The van der Waals surface area contributed by atoms with Crippen LogP contribution >= 0.6 is 35.7 Å². The monoisotopic (exact) mass is 525 g/mol. The van der Waals surface area contributed by atoms with E-state index in [1.54, 1.807) is 4.90 Å². The molecule has 2 fully saturated rings. The molecule has 0 aromatic heterocycles. The number of guanidine groups is 1. The van der Waals surface area contributed by atoms with Gasteiger partial charge in [-0.05, 0) is 38.6 Å². The number of thioether (sulfide) groups is 1. The Morgan fingerprint density at radius 1 is 1.32 bits per heavy atom. The largest absolute Gasteiger partial charge is 0.357 e. The molecule has 8 heteroatoms. The van der Waals surface area contributed by atoms with Crippen molar-refractivity contribution in [3.63, 3.8) is 0 Å². The summed E-state index contributed by atoms with van der Waals surface area (Å²) >= 11 is 2.09. The van der Waals surface area contributed by atoms with Crippen molar-refractivity contribution in [2.45, 2.75) is 51.3 Å². The van der Waals surface area contributed by atoms with Crippen LogP contribution in [0.1, 0.15) is 40.0 Å². The van der Waals surface area contributed by atoms with Crippen LogP contribution in [0.25, 0.3) is 0 Å². The van der Waals surface area contributed by atoms with E-state index in [2.05, 4.69) is 47.6 Å². The van der Waals surface area contributed by atoms with Crippen molar-refractivity contribution in [2.24, 2.45) is 10.9 Å². The van der Waals surface area contributed by atoms with Crippen LogP contribution in [0, 0.1) is 5.92 Å². The van der Waals surface area contributed by atoms with Crippen LogP contribution in [0.3, 0.4) is 0 Å². The average molecular weight is 526 g/mol. The number of likely N-dealkylation sites (tertiary alicyclic amines) is 1. The molecule has 1 amide bonds. The molecule has 0 aliphatic carbocycles. The molecule has 2 heterocycles. The van der Waals surface area contributed by atoms with Crippen LogP contribution in [0.4, 0.5) is 0 Å². The Labute approximate surface area is 193 Å². The third-order valence-electron chi connectivity index (χ3n) is 5.43. The lowest BCUT2D eigenvalue weighted by Gasteiger charge is -2.36. The molecule has 0 aromatic carbocycles. The van der Waals surface area contributed by atoms with Crippen molar-refractivity contribution in [1.82, 2.24) is 20.0 Å². The van der Waals surface area contributed by atoms with Gasteiger partial charge in [-0.25, -0.2) is 0 Å². The van der Waals surface area contributed by atoms with Crippen LogP contribution in [0.15, 0.2) is 4.99 Å². The molecule has 0 spiro atoms. The predicted octanol–water partition coefficient (Wildman–Crippen LogP) is 2.59. The van der Waals surface area contributed by atoms with Gasteiger partial charge in [0.15, 0.2) is 5.96 Å². The zero-order valence-electron chi connectivity index (χ0n) is 18.3. The maximum absolute atomic E-state index is 12.3. The summed E-state index contributed by atoms with van der Waals surface area (Å²) in [5.74, 6) is 3.18. The number of carbonyl (C=O) groups is 1. The summed E-state index contributed by atoms with van der Waals surface area (Å²) in [6, 6.07) is 0.0723. The summed E-state index contributed by atoms with van der Waals surface area (Å²) in [5.41, 5.74) is 0. The van der Waals surface area contributed by atoms with Gasteiger partial charge in [-0.2, -0.15) is 11.8 Å². The molecular weight excluding hydrogens is 485 g/mol.